The van der Waals surface area contributed by atoms with Gasteiger partial charge in [0.25, 0.3) is 5.91 Å². The van der Waals surface area contributed by atoms with Gasteiger partial charge in [-0.1, -0.05) is 0 Å². The highest BCUT2D eigenvalue weighted by Crippen LogP contribution is 2.26. The average Bonchev–Trinajstić information content (AvgIpc) is 3.17. The highest BCUT2D eigenvalue weighted by Gasteiger charge is 2.34. The van der Waals surface area contributed by atoms with Crippen LogP contribution in [0.25, 0.3) is 10.9 Å². The van der Waals surface area contributed by atoms with E-state index in [4.69, 9.17) is 9.84 Å². The molecule has 2 aromatic rings. The van der Waals surface area contributed by atoms with Crippen molar-refractivity contribution in [1.82, 2.24) is 14.7 Å². The molecule has 0 saturated carbocycles. The number of carbonyl (C=O) groups is 2. The Morgan fingerprint density at radius 2 is 2.19 bits per heavy atom. The van der Waals surface area contributed by atoms with Gasteiger partial charge in [0.05, 0.1) is 37.5 Å². The zero-order chi connectivity index (χ0) is 18.8. The van der Waals surface area contributed by atoms with Crippen LogP contribution in [0, 0.1) is 0 Å². The molecule has 0 saturated heterocycles. The summed E-state index contributed by atoms with van der Waals surface area (Å²) in [5.41, 5.74) is 2.11. The van der Waals surface area contributed by atoms with Crippen LogP contribution in [-0.4, -0.2) is 58.5 Å². The molecule has 0 radical (unpaired) electrons. The summed E-state index contributed by atoms with van der Waals surface area (Å²) in [4.78, 5) is 26.0. The van der Waals surface area contributed by atoms with Crippen LogP contribution in [-0.2, 0) is 14.3 Å². The summed E-state index contributed by atoms with van der Waals surface area (Å²) in [6.45, 7) is 4.21. The molecular weight excluding hydrogens is 336 g/mol. The van der Waals surface area contributed by atoms with Gasteiger partial charge in [0.1, 0.15) is 5.70 Å². The first-order valence-corrected chi connectivity index (χ1v) is 8.42. The van der Waals surface area contributed by atoms with Crippen LogP contribution in [0.3, 0.4) is 0 Å². The molecule has 138 valence electrons. The Balaban J connectivity index is 1.93. The monoisotopic (exact) mass is 358 g/mol. The maximum Gasteiger partial charge on any atom is 0.337 e. The van der Waals surface area contributed by atoms with Gasteiger partial charge in [-0.25, -0.2) is 4.79 Å². The molecule has 2 N–H and O–H groups in total. The second-order valence-electron chi connectivity index (χ2n) is 6.38. The maximum atomic E-state index is 12.6. The average molecular weight is 358 g/mol. The number of hydrogen-bond acceptors (Lipinski definition) is 6. The third-order valence-electron chi connectivity index (χ3n) is 4.31. The zero-order valence-electron chi connectivity index (χ0n) is 15.0. The molecule has 0 atom stereocenters. The molecule has 1 aromatic heterocycles. The first-order valence-electron chi connectivity index (χ1n) is 8.42. The van der Waals surface area contributed by atoms with Crippen molar-refractivity contribution in [2.45, 2.75) is 19.9 Å². The third-order valence-corrected chi connectivity index (χ3v) is 4.31. The van der Waals surface area contributed by atoms with Crippen LogP contribution >= 0.6 is 0 Å². The Labute approximate surface area is 151 Å². The van der Waals surface area contributed by atoms with Crippen molar-refractivity contribution >= 4 is 28.5 Å². The number of esters is 1. The summed E-state index contributed by atoms with van der Waals surface area (Å²) in [7, 11) is 1.28. The second kappa shape index (κ2) is 7.17. The molecule has 3 rings (SSSR count). The van der Waals surface area contributed by atoms with Gasteiger partial charge in [0.2, 0.25) is 0 Å². The summed E-state index contributed by atoms with van der Waals surface area (Å²) < 4.78 is 6.70. The number of anilines is 1. The van der Waals surface area contributed by atoms with E-state index in [9.17, 15) is 9.59 Å². The van der Waals surface area contributed by atoms with Crippen LogP contribution in [0.15, 0.2) is 35.7 Å². The Morgan fingerprint density at radius 3 is 2.85 bits per heavy atom. The Kier molecular flexibility index (Phi) is 4.94. The number of hydrogen-bond donors (Lipinski definition) is 2. The van der Waals surface area contributed by atoms with Crippen LogP contribution in [0.1, 0.15) is 19.9 Å². The molecule has 0 fully saturated rings. The number of β-amino-alcohol motifs (C(OH)–C–C–N with tert-alkyl or cyclic N) is 1. The van der Waals surface area contributed by atoms with Gasteiger partial charge in [-0.2, -0.15) is 5.10 Å². The molecule has 0 unspecified atom stereocenters. The number of aliphatic hydroxyl groups is 1. The van der Waals surface area contributed by atoms with E-state index in [-0.39, 0.29) is 42.9 Å². The van der Waals surface area contributed by atoms with E-state index in [1.54, 1.807) is 6.20 Å². The Hall–Kier alpha value is -2.87. The number of rotatable bonds is 6. The SMILES string of the molecule is COC(=O)C1=C(Nc2ccc3c(cnn3C(C)C)c2)C(=O)N(CCO)C1. The lowest BCUT2D eigenvalue weighted by atomic mass is 10.2. The lowest BCUT2D eigenvalue weighted by Gasteiger charge is -2.15. The minimum absolute atomic E-state index is 0.113. The maximum absolute atomic E-state index is 12.6. The fourth-order valence-corrected chi connectivity index (χ4v) is 3.04. The molecular formula is C18H22N4O4. The Morgan fingerprint density at radius 1 is 1.42 bits per heavy atom. The van der Waals surface area contributed by atoms with Gasteiger partial charge in [-0.3, -0.25) is 9.48 Å². The zero-order valence-corrected chi connectivity index (χ0v) is 15.0. The van der Waals surface area contributed by atoms with E-state index < -0.39 is 5.97 Å². The molecule has 26 heavy (non-hydrogen) atoms. The van der Waals surface area contributed by atoms with Gasteiger partial charge in [0.15, 0.2) is 0 Å². The number of ether oxygens (including phenoxy) is 1. The summed E-state index contributed by atoms with van der Waals surface area (Å²) in [5, 5.41) is 17.5. The number of methoxy groups -OCH3 is 1. The highest BCUT2D eigenvalue weighted by atomic mass is 16.5. The summed E-state index contributed by atoms with van der Waals surface area (Å²) in [6, 6.07) is 5.88. The number of nitrogens with zero attached hydrogens (tertiary/aromatic N) is 3. The first kappa shape index (κ1) is 17.9. The molecule has 1 aliphatic rings. The topological polar surface area (TPSA) is 96.7 Å². The molecule has 2 heterocycles. The predicted molar refractivity (Wildman–Crippen MR) is 96.4 cm³/mol. The van der Waals surface area contributed by atoms with Gasteiger partial charge in [-0.05, 0) is 32.0 Å². The minimum Gasteiger partial charge on any atom is -0.466 e. The lowest BCUT2D eigenvalue weighted by Crippen LogP contribution is -2.31. The van der Waals surface area contributed by atoms with Crippen LogP contribution in [0.2, 0.25) is 0 Å². The van der Waals surface area contributed by atoms with E-state index in [1.165, 1.54) is 12.0 Å². The van der Waals surface area contributed by atoms with E-state index >= 15 is 0 Å². The van der Waals surface area contributed by atoms with E-state index in [0.717, 1.165) is 10.9 Å². The van der Waals surface area contributed by atoms with Crippen molar-refractivity contribution < 1.29 is 19.4 Å². The molecule has 8 heteroatoms. The first-order chi connectivity index (χ1) is 12.5. The number of aliphatic hydroxyl groups excluding tert-OH is 1. The number of carbonyl (C=O) groups excluding carboxylic acids is 2. The quantitative estimate of drug-likeness (QED) is 0.756. The van der Waals surface area contributed by atoms with Crippen molar-refractivity contribution in [1.29, 1.82) is 0 Å². The molecule has 0 spiro atoms. The third kappa shape index (κ3) is 3.15. The van der Waals surface area contributed by atoms with Crippen LogP contribution < -0.4 is 5.32 Å². The van der Waals surface area contributed by atoms with Crippen molar-refractivity contribution in [2.24, 2.45) is 0 Å². The summed E-state index contributed by atoms with van der Waals surface area (Å²) >= 11 is 0. The largest absolute Gasteiger partial charge is 0.466 e. The normalized spacial score (nSPS) is 14.7. The summed E-state index contributed by atoms with van der Waals surface area (Å²) in [6.07, 6.45) is 1.77. The fourth-order valence-electron chi connectivity index (χ4n) is 3.04. The number of fused-ring (bicyclic) bond motifs is 1. The second-order valence-corrected chi connectivity index (χ2v) is 6.38. The predicted octanol–water partition coefficient (Wildman–Crippen LogP) is 1.29. The molecule has 1 aliphatic heterocycles. The van der Waals surface area contributed by atoms with Gasteiger partial charge in [0, 0.05) is 23.7 Å². The van der Waals surface area contributed by atoms with Crippen molar-refractivity contribution in [3.63, 3.8) is 0 Å². The van der Waals surface area contributed by atoms with Gasteiger partial charge >= 0.3 is 5.97 Å². The van der Waals surface area contributed by atoms with E-state index in [1.807, 2.05) is 22.9 Å². The number of benzene rings is 1. The van der Waals surface area contributed by atoms with Crippen molar-refractivity contribution in [3.8, 4) is 0 Å². The minimum atomic E-state index is -0.560. The number of aromatic nitrogens is 2. The van der Waals surface area contributed by atoms with Crippen LogP contribution in [0.5, 0.6) is 0 Å². The summed E-state index contributed by atoms with van der Waals surface area (Å²) in [5.74, 6) is -0.896. The molecule has 0 aliphatic carbocycles. The van der Waals surface area contributed by atoms with E-state index in [2.05, 4.69) is 24.3 Å². The van der Waals surface area contributed by atoms with Gasteiger partial charge in [-0.15, -0.1) is 0 Å². The smallest absolute Gasteiger partial charge is 0.337 e. The van der Waals surface area contributed by atoms with Gasteiger partial charge < -0.3 is 20.1 Å². The standard InChI is InChI=1S/C18H22N4O4/c1-11(2)22-15-5-4-13(8-12(15)9-19-22)20-16-14(18(25)26-3)10-21(6-7-23)17(16)24/h4-5,8-9,11,20,23H,6-7,10H2,1-3H3. The molecule has 0 bridgehead atoms. The van der Waals surface area contributed by atoms with E-state index in [0.29, 0.717) is 5.69 Å². The van der Waals surface area contributed by atoms with Crippen LogP contribution in [0.4, 0.5) is 5.69 Å². The van der Waals surface area contributed by atoms with Crippen molar-refractivity contribution in [2.75, 3.05) is 32.1 Å². The molecule has 1 aromatic carbocycles. The molecule has 1 amide bonds. The fraction of sp³-hybridized carbons (Fsp3) is 0.389. The van der Waals surface area contributed by atoms with Crippen molar-refractivity contribution in [3.05, 3.63) is 35.7 Å². The Bertz CT molecular complexity index is 884. The molecule has 8 nitrogen and oxygen atoms in total. The lowest BCUT2D eigenvalue weighted by molar-refractivity contribution is -0.136. The number of amides is 1. The highest BCUT2D eigenvalue weighted by molar-refractivity contribution is 6.08. The number of nitrogens with one attached hydrogen (secondary N) is 1.